The summed E-state index contributed by atoms with van der Waals surface area (Å²) < 4.78 is 15.7. The minimum absolute atomic E-state index is 0.0446. The monoisotopic (exact) mass is 266 g/mol. The molecule has 2 unspecified atom stereocenters. The molecule has 1 aromatic carbocycles. The fourth-order valence-electron chi connectivity index (χ4n) is 2.22. The van der Waals surface area contributed by atoms with E-state index in [0.717, 1.165) is 12.8 Å². The molecular formula is C14H18O5. The Morgan fingerprint density at radius 3 is 2.63 bits per heavy atom. The number of aliphatic hydroxyl groups is 1. The minimum Gasteiger partial charge on any atom is -0.493 e. The highest BCUT2D eigenvalue weighted by atomic mass is 16.5. The highest BCUT2D eigenvalue weighted by molar-refractivity contribution is 5.90. The largest absolute Gasteiger partial charge is 0.493 e. The Kier molecular flexibility index (Phi) is 4.27. The summed E-state index contributed by atoms with van der Waals surface area (Å²) in [6, 6.07) is 4.91. The quantitative estimate of drug-likeness (QED) is 0.841. The predicted molar refractivity (Wildman–Crippen MR) is 68.6 cm³/mol. The molecule has 0 radical (unpaired) electrons. The molecule has 0 aliphatic heterocycles. The summed E-state index contributed by atoms with van der Waals surface area (Å²) in [6.45, 7) is 0. The number of hydrogen-bond donors (Lipinski definition) is 1. The fourth-order valence-corrected chi connectivity index (χ4v) is 2.22. The standard InChI is InChI=1S/C14H18O5/c1-17-12-6-3-9(14(16)18-2)7-13(12)19-11-5-4-10(15)8-11/h3,6-7,10-11,15H,4-5,8H2,1-2H3. The average molecular weight is 266 g/mol. The van der Waals surface area contributed by atoms with Crippen molar-refractivity contribution in [3.8, 4) is 11.5 Å². The first-order chi connectivity index (χ1) is 9.13. The van der Waals surface area contributed by atoms with Gasteiger partial charge < -0.3 is 19.3 Å². The lowest BCUT2D eigenvalue weighted by atomic mass is 10.2. The van der Waals surface area contributed by atoms with Crippen LogP contribution in [-0.4, -0.2) is 37.5 Å². The summed E-state index contributed by atoms with van der Waals surface area (Å²) in [4.78, 5) is 11.5. The van der Waals surface area contributed by atoms with Gasteiger partial charge in [-0.3, -0.25) is 0 Å². The molecule has 0 saturated heterocycles. The number of benzene rings is 1. The highest BCUT2D eigenvalue weighted by Crippen LogP contribution is 2.32. The van der Waals surface area contributed by atoms with E-state index in [9.17, 15) is 9.90 Å². The third kappa shape index (κ3) is 3.17. The molecule has 5 heteroatoms. The Hall–Kier alpha value is -1.75. The van der Waals surface area contributed by atoms with Crippen LogP contribution in [0.25, 0.3) is 0 Å². The van der Waals surface area contributed by atoms with Crippen LogP contribution in [0.4, 0.5) is 0 Å². The van der Waals surface area contributed by atoms with Crippen LogP contribution in [0.3, 0.4) is 0 Å². The van der Waals surface area contributed by atoms with Crippen molar-refractivity contribution in [3.05, 3.63) is 23.8 Å². The molecule has 19 heavy (non-hydrogen) atoms. The van der Waals surface area contributed by atoms with Crippen LogP contribution in [-0.2, 0) is 4.74 Å². The number of aliphatic hydroxyl groups excluding tert-OH is 1. The van der Waals surface area contributed by atoms with Gasteiger partial charge in [0.1, 0.15) is 6.10 Å². The summed E-state index contributed by atoms with van der Waals surface area (Å²) in [5, 5.41) is 9.50. The van der Waals surface area contributed by atoms with Gasteiger partial charge in [0.05, 0.1) is 25.9 Å². The van der Waals surface area contributed by atoms with Crippen molar-refractivity contribution in [1.29, 1.82) is 0 Å². The maximum Gasteiger partial charge on any atom is 0.337 e. The lowest BCUT2D eigenvalue weighted by molar-refractivity contribution is 0.0599. The van der Waals surface area contributed by atoms with E-state index in [1.807, 2.05) is 0 Å². The number of rotatable bonds is 4. The van der Waals surface area contributed by atoms with Crippen molar-refractivity contribution in [1.82, 2.24) is 0 Å². The molecule has 1 aliphatic rings. The average Bonchev–Trinajstić information content (AvgIpc) is 2.83. The molecule has 0 amide bonds. The molecule has 1 fully saturated rings. The van der Waals surface area contributed by atoms with Crippen molar-refractivity contribution >= 4 is 5.97 Å². The summed E-state index contributed by atoms with van der Waals surface area (Å²) in [6.07, 6.45) is 1.79. The van der Waals surface area contributed by atoms with E-state index in [0.29, 0.717) is 23.5 Å². The zero-order valence-electron chi connectivity index (χ0n) is 11.1. The van der Waals surface area contributed by atoms with E-state index in [4.69, 9.17) is 9.47 Å². The lowest BCUT2D eigenvalue weighted by Crippen LogP contribution is -2.14. The van der Waals surface area contributed by atoms with Crippen molar-refractivity contribution in [2.24, 2.45) is 0 Å². The van der Waals surface area contributed by atoms with Crippen LogP contribution in [0.15, 0.2) is 18.2 Å². The number of ether oxygens (including phenoxy) is 3. The fraction of sp³-hybridized carbons (Fsp3) is 0.500. The SMILES string of the molecule is COC(=O)c1ccc(OC)c(OC2CCC(O)C2)c1. The molecular weight excluding hydrogens is 248 g/mol. The van der Waals surface area contributed by atoms with Gasteiger partial charge in [0.25, 0.3) is 0 Å². The van der Waals surface area contributed by atoms with Gasteiger partial charge in [0.2, 0.25) is 0 Å². The Bertz CT molecular complexity index is 457. The van der Waals surface area contributed by atoms with Gasteiger partial charge in [-0.25, -0.2) is 4.79 Å². The van der Waals surface area contributed by atoms with E-state index in [1.165, 1.54) is 7.11 Å². The van der Waals surface area contributed by atoms with Gasteiger partial charge in [0.15, 0.2) is 11.5 Å². The van der Waals surface area contributed by atoms with Crippen molar-refractivity contribution in [2.45, 2.75) is 31.5 Å². The smallest absolute Gasteiger partial charge is 0.337 e. The van der Waals surface area contributed by atoms with Gasteiger partial charge in [0, 0.05) is 6.42 Å². The predicted octanol–water partition coefficient (Wildman–Crippen LogP) is 1.77. The van der Waals surface area contributed by atoms with Crippen molar-refractivity contribution in [3.63, 3.8) is 0 Å². The van der Waals surface area contributed by atoms with Gasteiger partial charge in [-0.15, -0.1) is 0 Å². The van der Waals surface area contributed by atoms with E-state index >= 15 is 0 Å². The van der Waals surface area contributed by atoms with Crippen molar-refractivity contribution < 1.29 is 24.1 Å². The molecule has 5 nitrogen and oxygen atoms in total. The van der Waals surface area contributed by atoms with E-state index in [-0.39, 0.29) is 12.2 Å². The van der Waals surface area contributed by atoms with Crippen LogP contribution in [0.2, 0.25) is 0 Å². The minimum atomic E-state index is -0.418. The molecule has 1 aliphatic carbocycles. The normalized spacial score (nSPS) is 22.1. The Morgan fingerprint density at radius 2 is 2.05 bits per heavy atom. The van der Waals surface area contributed by atoms with Crippen LogP contribution < -0.4 is 9.47 Å². The van der Waals surface area contributed by atoms with Gasteiger partial charge >= 0.3 is 5.97 Å². The first-order valence-corrected chi connectivity index (χ1v) is 6.25. The van der Waals surface area contributed by atoms with Gasteiger partial charge in [-0.05, 0) is 31.0 Å². The number of esters is 1. The third-order valence-corrected chi connectivity index (χ3v) is 3.24. The number of carbonyl (C=O) groups excluding carboxylic acids is 1. The second-order valence-corrected chi connectivity index (χ2v) is 4.56. The molecule has 2 atom stereocenters. The van der Waals surface area contributed by atoms with Crippen LogP contribution in [0.1, 0.15) is 29.6 Å². The van der Waals surface area contributed by atoms with E-state index < -0.39 is 5.97 Å². The molecule has 0 aromatic heterocycles. The third-order valence-electron chi connectivity index (χ3n) is 3.24. The van der Waals surface area contributed by atoms with Crippen LogP contribution in [0.5, 0.6) is 11.5 Å². The molecule has 1 saturated carbocycles. The molecule has 1 aromatic rings. The Balaban J connectivity index is 2.18. The van der Waals surface area contributed by atoms with Crippen LogP contribution in [0, 0.1) is 0 Å². The van der Waals surface area contributed by atoms with Crippen molar-refractivity contribution in [2.75, 3.05) is 14.2 Å². The Labute approximate surface area is 112 Å². The van der Waals surface area contributed by atoms with E-state index in [2.05, 4.69) is 4.74 Å². The second kappa shape index (κ2) is 5.93. The van der Waals surface area contributed by atoms with Gasteiger partial charge in [-0.1, -0.05) is 0 Å². The first kappa shape index (κ1) is 13.7. The molecule has 1 N–H and O–H groups in total. The van der Waals surface area contributed by atoms with E-state index in [1.54, 1.807) is 25.3 Å². The molecule has 0 bridgehead atoms. The second-order valence-electron chi connectivity index (χ2n) is 4.56. The number of hydrogen-bond acceptors (Lipinski definition) is 5. The number of methoxy groups -OCH3 is 2. The molecule has 104 valence electrons. The summed E-state index contributed by atoms with van der Waals surface area (Å²) in [5.74, 6) is 0.650. The summed E-state index contributed by atoms with van der Waals surface area (Å²) in [7, 11) is 2.88. The topological polar surface area (TPSA) is 65.0 Å². The molecule has 0 spiro atoms. The van der Waals surface area contributed by atoms with Gasteiger partial charge in [-0.2, -0.15) is 0 Å². The highest BCUT2D eigenvalue weighted by Gasteiger charge is 2.25. The summed E-state index contributed by atoms with van der Waals surface area (Å²) in [5.41, 5.74) is 0.414. The zero-order valence-corrected chi connectivity index (χ0v) is 11.1. The molecule has 2 rings (SSSR count). The maximum absolute atomic E-state index is 11.5. The molecule has 0 heterocycles. The van der Waals surface area contributed by atoms with Crippen LogP contribution >= 0.6 is 0 Å². The number of carbonyl (C=O) groups is 1. The Morgan fingerprint density at radius 1 is 1.26 bits per heavy atom. The zero-order chi connectivity index (χ0) is 13.8. The first-order valence-electron chi connectivity index (χ1n) is 6.25. The lowest BCUT2D eigenvalue weighted by Gasteiger charge is -2.16. The maximum atomic E-state index is 11.5. The summed E-state index contributed by atoms with van der Waals surface area (Å²) >= 11 is 0.